The van der Waals surface area contributed by atoms with Gasteiger partial charge in [-0.2, -0.15) is 0 Å². The molecule has 1 saturated heterocycles. The lowest BCUT2D eigenvalue weighted by atomic mass is 10.2. The summed E-state index contributed by atoms with van der Waals surface area (Å²) in [5, 5.41) is 6.18. The smallest absolute Gasteiger partial charge is 0.324 e. The van der Waals surface area contributed by atoms with E-state index in [-0.39, 0.29) is 11.8 Å². The summed E-state index contributed by atoms with van der Waals surface area (Å²) in [6, 6.07) is 7.77. The third kappa shape index (κ3) is 3.13. The van der Waals surface area contributed by atoms with E-state index in [0.717, 1.165) is 5.69 Å². The van der Waals surface area contributed by atoms with Crippen molar-refractivity contribution in [3.05, 3.63) is 42.3 Å². The quantitative estimate of drug-likeness (QED) is 0.920. The number of hydrogen-bond acceptors (Lipinski definition) is 4. The Hall–Kier alpha value is -2.57. The molecule has 3 rings (SSSR count). The maximum absolute atomic E-state index is 12.9. The van der Waals surface area contributed by atoms with Gasteiger partial charge in [0, 0.05) is 37.9 Å². The lowest BCUT2D eigenvalue weighted by Crippen LogP contribution is -2.50. The van der Waals surface area contributed by atoms with Crippen molar-refractivity contribution in [3.8, 4) is 0 Å². The number of carbonyl (C=O) groups excluding carboxylic acids is 1. The fourth-order valence-corrected chi connectivity index (χ4v) is 2.28. The van der Waals surface area contributed by atoms with Gasteiger partial charge in [0.05, 0.1) is 6.20 Å². The molecule has 21 heavy (non-hydrogen) atoms. The molecular formula is C14H15FN4O2. The lowest BCUT2D eigenvalue weighted by molar-refractivity contribution is 0.207. The zero-order chi connectivity index (χ0) is 14.7. The molecule has 0 aliphatic carbocycles. The molecule has 2 aromatic rings. The van der Waals surface area contributed by atoms with Crippen LogP contribution in [0.1, 0.15) is 0 Å². The molecule has 1 N–H and O–H groups in total. The van der Waals surface area contributed by atoms with Crippen LogP contribution in [0, 0.1) is 5.82 Å². The van der Waals surface area contributed by atoms with E-state index in [9.17, 15) is 9.18 Å². The highest BCUT2D eigenvalue weighted by Crippen LogP contribution is 2.17. The molecule has 6 nitrogen and oxygen atoms in total. The Bertz CT molecular complexity index is 592. The minimum absolute atomic E-state index is 0.203. The Kier molecular flexibility index (Phi) is 3.72. The molecule has 0 bridgehead atoms. The van der Waals surface area contributed by atoms with Crippen LogP contribution >= 0.6 is 0 Å². The third-order valence-corrected chi connectivity index (χ3v) is 3.43. The molecule has 0 unspecified atom stereocenters. The van der Waals surface area contributed by atoms with E-state index in [0.29, 0.717) is 32.1 Å². The van der Waals surface area contributed by atoms with Gasteiger partial charge in [-0.3, -0.25) is 5.32 Å². The van der Waals surface area contributed by atoms with Crippen LogP contribution in [0.5, 0.6) is 0 Å². The number of rotatable bonds is 2. The summed E-state index contributed by atoms with van der Waals surface area (Å²) in [4.78, 5) is 15.8. The average Bonchev–Trinajstić information content (AvgIpc) is 3.01. The first-order valence-electron chi connectivity index (χ1n) is 6.69. The summed E-state index contributed by atoms with van der Waals surface area (Å²) in [7, 11) is 0. The van der Waals surface area contributed by atoms with Gasteiger partial charge in [-0.05, 0) is 24.3 Å². The number of aromatic nitrogens is 1. The van der Waals surface area contributed by atoms with Crippen molar-refractivity contribution in [2.24, 2.45) is 0 Å². The minimum atomic E-state index is -0.246. The molecule has 0 radical (unpaired) electrons. The number of carbonyl (C=O) groups is 1. The predicted octanol–water partition coefficient (Wildman–Crippen LogP) is 2.17. The number of halogens is 1. The van der Waals surface area contributed by atoms with Gasteiger partial charge < -0.3 is 14.3 Å². The Morgan fingerprint density at radius 2 is 1.86 bits per heavy atom. The Morgan fingerprint density at radius 1 is 1.14 bits per heavy atom. The Morgan fingerprint density at radius 3 is 2.48 bits per heavy atom. The number of nitrogens with zero attached hydrogens (tertiary/aromatic N) is 3. The van der Waals surface area contributed by atoms with E-state index in [1.54, 1.807) is 23.1 Å². The summed E-state index contributed by atoms with van der Waals surface area (Å²) in [5.41, 5.74) is 0.965. The minimum Gasteiger partial charge on any atom is -0.368 e. The van der Waals surface area contributed by atoms with Crippen molar-refractivity contribution in [1.82, 2.24) is 10.1 Å². The standard InChI is InChI=1S/C14H15FN4O2/c15-11-1-3-12(4-2-11)18-7-9-19(10-8-18)14(20)17-13-5-6-16-21-13/h1-6H,7-10H2,(H,17,20). The van der Waals surface area contributed by atoms with E-state index in [1.807, 2.05) is 0 Å². The second kappa shape index (κ2) is 5.82. The van der Waals surface area contributed by atoms with Crippen molar-refractivity contribution >= 4 is 17.6 Å². The van der Waals surface area contributed by atoms with Gasteiger partial charge in [0.25, 0.3) is 0 Å². The van der Waals surface area contributed by atoms with E-state index in [2.05, 4.69) is 15.4 Å². The first-order valence-corrected chi connectivity index (χ1v) is 6.69. The highest BCUT2D eigenvalue weighted by molar-refractivity contribution is 5.88. The first kappa shape index (κ1) is 13.4. The van der Waals surface area contributed by atoms with Gasteiger partial charge in [0.2, 0.25) is 5.88 Å². The van der Waals surface area contributed by atoms with Crippen LogP contribution in [0.2, 0.25) is 0 Å². The largest absolute Gasteiger partial charge is 0.368 e. The lowest BCUT2D eigenvalue weighted by Gasteiger charge is -2.35. The van der Waals surface area contributed by atoms with Crippen LogP contribution in [0.4, 0.5) is 20.8 Å². The second-order valence-electron chi connectivity index (χ2n) is 4.76. The van der Waals surface area contributed by atoms with Crippen LogP contribution in [0.15, 0.2) is 41.1 Å². The molecule has 0 spiro atoms. The van der Waals surface area contributed by atoms with Gasteiger partial charge in [-0.15, -0.1) is 0 Å². The summed E-state index contributed by atoms with van der Waals surface area (Å²) in [6.07, 6.45) is 1.47. The highest BCUT2D eigenvalue weighted by atomic mass is 19.1. The zero-order valence-electron chi connectivity index (χ0n) is 11.3. The van der Waals surface area contributed by atoms with Gasteiger partial charge >= 0.3 is 6.03 Å². The SMILES string of the molecule is O=C(Nc1ccno1)N1CCN(c2ccc(F)cc2)CC1. The number of hydrogen-bond donors (Lipinski definition) is 1. The number of urea groups is 1. The molecule has 1 aliphatic rings. The number of benzene rings is 1. The predicted molar refractivity (Wildman–Crippen MR) is 75.7 cm³/mol. The molecule has 1 fully saturated rings. The van der Waals surface area contributed by atoms with Gasteiger partial charge in [-0.1, -0.05) is 5.16 Å². The van der Waals surface area contributed by atoms with E-state index < -0.39 is 0 Å². The maximum Gasteiger partial charge on any atom is 0.324 e. The van der Waals surface area contributed by atoms with Crippen LogP contribution in [-0.2, 0) is 0 Å². The van der Waals surface area contributed by atoms with Crippen LogP contribution in [-0.4, -0.2) is 42.3 Å². The fraction of sp³-hybridized carbons (Fsp3) is 0.286. The van der Waals surface area contributed by atoms with Crippen LogP contribution in [0.25, 0.3) is 0 Å². The molecule has 110 valence electrons. The molecule has 1 aliphatic heterocycles. The zero-order valence-corrected chi connectivity index (χ0v) is 11.3. The molecule has 2 heterocycles. The topological polar surface area (TPSA) is 61.6 Å². The number of amides is 2. The van der Waals surface area contributed by atoms with Crippen molar-refractivity contribution in [2.45, 2.75) is 0 Å². The summed E-state index contributed by atoms with van der Waals surface area (Å²) < 4.78 is 17.8. The third-order valence-electron chi connectivity index (χ3n) is 3.43. The summed E-state index contributed by atoms with van der Waals surface area (Å²) in [5.74, 6) is 0.0878. The average molecular weight is 290 g/mol. The van der Waals surface area contributed by atoms with E-state index >= 15 is 0 Å². The molecular weight excluding hydrogens is 275 g/mol. The summed E-state index contributed by atoms with van der Waals surface area (Å²) in [6.45, 7) is 2.60. The molecule has 1 aromatic heterocycles. The number of nitrogens with one attached hydrogen (secondary N) is 1. The van der Waals surface area contributed by atoms with Crippen LogP contribution in [0.3, 0.4) is 0 Å². The van der Waals surface area contributed by atoms with Gasteiger partial charge in [-0.25, -0.2) is 9.18 Å². The highest BCUT2D eigenvalue weighted by Gasteiger charge is 2.21. The Labute approximate surface area is 121 Å². The molecule has 1 aromatic carbocycles. The van der Waals surface area contributed by atoms with Crippen molar-refractivity contribution < 1.29 is 13.7 Å². The molecule has 2 amide bonds. The monoisotopic (exact) mass is 290 g/mol. The normalized spacial score (nSPS) is 15.1. The number of piperazine rings is 1. The van der Waals surface area contributed by atoms with Crippen molar-refractivity contribution in [1.29, 1.82) is 0 Å². The van der Waals surface area contributed by atoms with E-state index in [4.69, 9.17) is 4.52 Å². The van der Waals surface area contributed by atoms with Gasteiger partial charge in [0.1, 0.15) is 5.82 Å². The second-order valence-corrected chi connectivity index (χ2v) is 4.76. The van der Waals surface area contributed by atoms with Gasteiger partial charge in [0.15, 0.2) is 0 Å². The first-order chi connectivity index (χ1) is 10.2. The van der Waals surface area contributed by atoms with E-state index in [1.165, 1.54) is 18.3 Å². The summed E-state index contributed by atoms with van der Waals surface area (Å²) >= 11 is 0. The molecule has 7 heteroatoms. The maximum atomic E-state index is 12.9. The fourth-order valence-electron chi connectivity index (χ4n) is 2.28. The van der Waals surface area contributed by atoms with Crippen molar-refractivity contribution in [3.63, 3.8) is 0 Å². The molecule has 0 atom stereocenters. The number of anilines is 2. The van der Waals surface area contributed by atoms with Crippen molar-refractivity contribution in [2.75, 3.05) is 36.4 Å². The Balaban J connectivity index is 1.55. The van der Waals surface area contributed by atoms with Crippen LogP contribution < -0.4 is 10.2 Å². The molecule has 0 saturated carbocycles.